The number of anilines is 1. The van der Waals surface area contributed by atoms with Gasteiger partial charge in [0.25, 0.3) is 5.91 Å². The molecule has 22 heavy (non-hydrogen) atoms. The molecule has 2 N–H and O–H groups in total. The maximum absolute atomic E-state index is 12.3. The van der Waals surface area contributed by atoms with E-state index in [-0.39, 0.29) is 17.2 Å². The second-order valence-electron chi connectivity index (χ2n) is 5.39. The van der Waals surface area contributed by atoms with Crippen molar-refractivity contribution < 1.29 is 9.90 Å². The van der Waals surface area contributed by atoms with Gasteiger partial charge in [-0.2, -0.15) is 0 Å². The number of benzene rings is 2. The van der Waals surface area contributed by atoms with Crippen LogP contribution in [-0.2, 0) is 6.54 Å². The van der Waals surface area contributed by atoms with Crippen LogP contribution in [0, 0.1) is 6.92 Å². The molecule has 0 spiro atoms. The van der Waals surface area contributed by atoms with E-state index < -0.39 is 0 Å². The van der Waals surface area contributed by atoms with Gasteiger partial charge < -0.3 is 15.3 Å². The fraction of sp³-hybridized carbons (Fsp3) is 0.235. The summed E-state index contributed by atoms with van der Waals surface area (Å²) in [6.45, 7) is 2.28. The predicted octanol–water partition coefficient (Wildman–Crippen LogP) is 3.46. The van der Waals surface area contributed by atoms with E-state index in [2.05, 4.69) is 21.2 Å². The Morgan fingerprint density at radius 3 is 2.68 bits per heavy atom. The van der Waals surface area contributed by atoms with Crippen LogP contribution in [0.1, 0.15) is 21.5 Å². The van der Waals surface area contributed by atoms with Crippen LogP contribution >= 0.6 is 15.9 Å². The summed E-state index contributed by atoms with van der Waals surface area (Å²) in [5.74, 6) is -0.331. The van der Waals surface area contributed by atoms with Crippen LogP contribution < -0.4 is 10.2 Å². The monoisotopic (exact) mass is 362 g/mol. The molecule has 0 fully saturated rings. The van der Waals surface area contributed by atoms with Gasteiger partial charge in [0, 0.05) is 26.3 Å². The van der Waals surface area contributed by atoms with E-state index in [4.69, 9.17) is 0 Å². The molecule has 0 heterocycles. The third kappa shape index (κ3) is 3.80. The first-order valence-corrected chi connectivity index (χ1v) is 7.71. The quantitative estimate of drug-likeness (QED) is 0.875. The Morgan fingerprint density at radius 1 is 1.27 bits per heavy atom. The molecule has 0 saturated heterocycles. The summed E-state index contributed by atoms with van der Waals surface area (Å²) < 4.78 is 0.521. The fourth-order valence-corrected chi connectivity index (χ4v) is 2.70. The smallest absolute Gasteiger partial charge is 0.255 e. The number of nitrogens with zero attached hydrogens (tertiary/aromatic N) is 1. The van der Waals surface area contributed by atoms with Crippen LogP contribution in [0.2, 0.25) is 0 Å². The number of aromatic hydroxyl groups is 1. The van der Waals surface area contributed by atoms with E-state index in [1.165, 1.54) is 0 Å². The molecule has 116 valence electrons. The van der Waals surface area contributed by atoms with E-state index in [1.54, 1.807) is 12.1 Å². The van der Waals surface area contributed by atoms with E-state index >= 15 is 0 Å². The third-order valence-corrected chi connectivity index (χ3v) is 3.94. The van der Waals surface area contributed by atoms with Crippen LogP contribution in [0.25, 0.3) is 0 Å². The molecular formula is C17H19BrN2O2. The van der Waals surface area contributed by atoms with E-state index in [0.717, 1.165) is 16.8 Å². The number of phenols is 1. The van der Waals surface area contributed by atoms with Crippen molar-refractivity contribution in [3.63, 3.8) is 0 Å². The van der Waals surface area contributed by atoms with Gasteiger partial charge in [0.15, 0.2) is 0 Å². The minimum Gasteiger partial charge on any atom is -0.506 e. The first kappa shape index (κ1) is 16.4. The largest absolute Gasteiger partial charge is 0.506 e. The Balaban J connectivity index is 2.12. The highest BCUT2D eigenvalue weighted by atomic mass is 79.9. The van der Waals surface area contributed by atoms with Crippen LogP contribution in [-0.4, -0.2) is 25.1 Å². The summed E-state index contributed by atoms with van der Waals surface area (Å²) in [4.78, 5) is 14.3. The number of rotatable bonds is 4. The summed E-state index contributed by atoms with van der Waals surface area (Å²) >= 11 is 3.25. The SMILES string of the molecule is Cc1cc(Br)c(O)c(C(=O)NCc2cccc(N(C)C)c2)c1. The number of hydrogen-bond donors (Lipinski definition) is 2. The normalized spacial score (nSPS) is 10.4. The highest BCUT2D eigenvalue weighted by molar-refractivity contribution is 9.10. The van der Waals surface area contributed by atoms with E-state index in [1.807, 2.05) is 50.2 Å². The zero-order chi connectivity index (χ0) is 16.3. The molecule has 0 saturated carbocycles. The average molecular weight is 363 g/mol. The third-order valence-electron chi connectivity index (χ3n) is 3.33. The van der Waals surface area contributed by atoms with Crippen molar-refractivity contribution in [3.8, 4) is 5.75 Å². The Kier molecular flexibility index (Phi) is 5.08. The zero-order valence-electron chi connectivity index (χ0n) is 12.9. The van der Waals surface area contributed by atoms with Gasteiger partial charge in [0.2, 0.25) is 0 Å². The molecular weight excluding hydrogens is 344 g/mol. The van der Waals surface area contributed by atoms with Gasteiger partial charge in [-0.15, -0.1) is 0 Å². The molecule has 2 rings (SSSR count). The second-order valence-corrected chi connectivity index (χ2v) is 6.24. The van der Waals surface area contributed by atoms with Crippen LogP contribution in [0.3, 0.4) is 0 Å². The van der Waals surface area contributed by atoms with E-state index in [0.29, 0.717) is 11.0 Å². The summed E-state index contributed by atoms with van der Waals surface area (Å²) in [6, 6.07) is 11.4. The van der Waals surface area contributed by atoms with Crippen LogP contribution in [0.4, 0.5) is 5.69 Å². The van der Waals surface area contributed by atoms with Gasteiger partial charge in [-0.3, -0.25) is 4.79 Å². The van der Waals surface area contributed by atoms with Gasteiger partial charge in [-0.25, -0.2) is 0 Å². The summed E-state index contributed by atoms with van der Waals surface area (Å²) in [7, 11) is 3.94. The molecule has 0 bridgehead atoms. The zero-order valence-corrected chi connectivity index (χ0v) is 14.4. The molecule has 2 aromatic rings. The lowest BCUT2D eigenvalue weighted by atomic mass is 10.1. The first-order valence-electron chi connectivity index (χ1n) is 6.92. The molecule has 5 heteroatoms. The van der Waals surface area contributed by atoms with Crippen molar-refractivity contribution in [3.05, 3.63) is 57.6 Å². The molecule has 0 aliphatic rings. The highest BCUT2D eigenvalue weighted by Gasteiger charge is 2.14. The Bertz CT molecular complexity index is 699. The molecule has 0 radical (unpaired) electrons. The number of nitrogens with one attached hydrogen (secondary N) is 1. The maximum Gasteiger partial charge on any atom is 0.255 e. The molecule has 0 unspecified atom stereocenters. The number of carbonyl (C=O) groups is 1. The van der Waals surface area contributed by atoms with Gasteiger partial charge in [0.1, 0.15) is 5.75 Å². The van der Waals surface area contributed by atoms with E-state index in [9.17, 15) is 9.90 Å². The van der Waals surface area contributed by atoms with Crippen molar-refractivity contribution >= 4 is 27.5 Å². The van der Waals surface area contributed by atoms with Crippen molar-refractivity contribution in [2.24, 2.45) is 0 Å². The van der Waals surface area contributed by atoms with Crippen molar-refractivity contribution in [2.75, 3.05) is 19.0 Å². The lowest BCUT2D eigenvalue weighted by Gasteiger charge is -2.14. The average Bonchev–Trinajstić information content (AvgIpc) is 2.48. The number of amides is 1. The minimum absolute atomic E-state index is 0.0369. The maximum atomic E-state index is 12.3. The number of halogens is 1. The second kappa shape index (κ2) is 6.83. The van der Waals surface area contributed by atoms with Crippen molar-refractivity contribution in [1.82, 2.24) is 5.32 Å². The Morgan fingerprint density at radius 2 is 2.00 bits per heavy atom. The van der Waals surface area contributed by atoms with Gasteiger partial charge in [-0.1, -0.05) is 12.1 Å². The lowest BCUT2D eigenvalue weighted by Crippen LogP contribution is -2.23. The molecule has 1 amide bonds. The predicted molar refractivity (Wildman–Crippen MR) is 92.5 cm³/mol. The topological polar surface area (TPSA) is 52.6 Å². The minimum atomic E-state index is -0.294. The van der Waals surface area contributed by atoms with Crippen LogP contribution in [0.15, 0.2) is 40.9 Å². The van der Waals surface area contributed by atoms with Crippen molar-refractivity contribution in [1.29, 1.82) is 0 Å². The molecule has 0 aromatic heterocycles. The van der Waals surface area contributed by atoms with Crippen LogP contribution in [0.5, 0.6) is 5.75 Å². The number of hydrogen-bond acceptors (Lipinski definition) is 3. The summed E-state index contributed by atoms with van der Waals surface area (Å²) in [5.41, 5.74) is 3.26. The first-order chi connectivity index (χ1) is 10.4. The fourth-order valence-electron chi connectivity index (χ4n) is 2.13. The molecule has 0 aliphatic carbocycles. The number of phenolic OH excluding ortho intramolecular Hbond substituents is 1. The summed E-state index contributed by atoms with van der Waals surface area (Å²) in [5, 5.41) is 12.8. The van der Waals surface area contributed by atoms with Gasteiger partial charge in [-0.05, 0) is 58.2 Å². The molecule has 0 aliphatic heterocycles. The molecule has 0 atom stereocenters. The molecule has 4 nitrogen and oxygen atoms in total. The molecule has 2 aromatic carbocycles. The Labute approximate surface area is 138 Å². The number of aryl methyl sites for hydroxylation is 1. The highest BCUT2D eigenvalue weighted by Crippen LogP contribution is 2.29. The lowest BCUT2D eigenvalue weighted by molar-refractivity contribution is 0.0948. The van der Waals surface area contributed by atoms with Gasteiger partial charge >= 0.3 is 0 Å². The standard InChI is InChI=1S/C17H19BrN2O2/c1-11-7-14(16(21)15(18)8-11)17(22)19-10-12-5-4-6-13(9-12)20(2)3/h4-9,21H,10H2,1-3H3,(H,19,22). The van der Waals surface area contributed by atoms with Crippen molar-refractivity contribution in [2.45, 2.75) is 13.5 Å². The summed E-state index contributed by atoms with van der Waals surface area (Å²) in [6.07, 6.45) is 0. The number of carbonyl (C=O) groups excluding carboxylic acids is 1. The Hall–Kier alpha value is -2.01. The van der Waals surface area contributed by atoms with Gasteiger partial charge in [0.05, 0.1) is 10.0 Å².